The Morgan fingerprint density at radius 1 is 1.05 bits per heavy atom. The Labute approximate surface area is 114 Å². The van der Waals surface area contributed by atoms with Crippen molar-refractivity contribution in [3.05, 3.63) is 42.0 Å². The van der Waals surface area contributed by atoms with Gasteiger partial charge in [-0.25, -0.2) is 4.98 Å². The molecule has 0 saturated carbocycles. The summed E-state index contributed by atoms with van der Waals surface area (Å²) in [4.78, 5) is 4.44. The SMILES string of the molecule is OCc1ccc2oc(-c3ccc4c(c3)OCO4)nc2c1. The average molecular weight is 269 g/mol. The standard InChI is InChI=1S/C15H11NO4/c17-7-9-1-3-12-11(5-9)16-15(20-12)10-2-4-13-14(6-10)19-8-18-13/h1-6,17H,7-8H2. The topological polar surface area (TPSA) is 64.7 Å². The van der Waals surface area contributed by atoms with Gasteiger partial charge in [0.2, 0.25) is 12.7 Å². The van der Waals surface area contributed by atoms with Crippen molar-refractivity contribution in [2.75, 3.05) is 6.79 Å². The molecule has 5 nitrogen and oxygen atoms in total. The number of aromatic nitrogens is 1. The summed E-state index contributed by atoms with van der Waals surface area (Å²) in [5.74, 6) is 1.95. The van der Waals surface area contributed by atoms with Gasteiger partial charge in [0.1, 0.15) is 5.52 Å². The second-order valence-electron chi connectivity index (χ2n) is 4.55. The second-order valence-corrected chi connectivity index (χ2v) is 4.55. The van der Waals surface area contributed by atoms with Gasteiger partial charge >= 0.3 is 0 Å². The van der Waals surface area contributed by atoms with Crippen LogP contribution in [0.3, 0.4) is 0 Å². The lowest BCUT2D eigenvalue weighted by atomic mass is 10.2. The summed E-state index contributed by atoms with van der Waals surface area (Å²) >= 11 is 0. The van der Waals surface area contributed by atoms with Gasteiger partial charge in [-0.1, -0.05) is 6.07 Å². The van der Waals surface area contributed by atoms with Crippen LogP contribution in [0.5, 0.6) is 11.5 Å². The van der Waals surface area contributed by atoms with Gasteiger partial charge in [-0.2, -0.15) is 0 Å². The molecule has 100 valence electrons. The summed E-state index contributed by atoms with van der Waals surface area (Å²) < 4.78 is 16.3. The van der Waals surface area contributed by atoms with E-state index >= 15 is 0 Å². The summed E-state index contributed by atoms with van der Waals surface area (Å²) in [5.41, 5.74) is 3.05. The van der Waals surface area contributed by atoms with Gasteiger partial charge in [0.15, 0.2) is 17.1 Å². The fourth-order valence-electron chi connectivity index (χ4n) is 2.22. The molecule has 5 heteroatoms. The van der Waals surface area contributed by atoms with E-state index < -0.39 is 0 Å². The fraction of sp³-hybridized carbons (Fsp3) is 0.133. The smallest absolute Gasteiger partial charge is 0.231 e. The molecule has 20 heavy (non-hydrogen) atoms. The van der Waals surface area contributed by atoms with Crippen molar-refractivity contribution in [2.45, 2.75) is 6.61 Å². The monoisotopic (exact) mass is 269 g/mol. The van der Waals surface area contributed by atoms with Crippen molar-refractivity contribution in [2.24, 2.45) is 0 Å². The van der Waals surface area contributed by atoms with E-state index in [2.05, 4.69) is 4.98 Å². The van der Waals surface area contributed by atoms with E-state index in [1.165, 1.54) is 0 Å². The van der Waals surface area contributed by atoms with Crippen LogP contribution in [0.1, 0.15) is 5.56 Å². The van der Waals surface area contributed by atoms with E-state index in [9.17, 15) is 0 Å². The fourth-order valence-corrected chi connectivity index (χ4v) is 2.22. The Morgan fingerprint density at radius 2 is 1.95 bits per heavy atom. The van der Waals surface area contributed by atoms with E-state index in [0.717, 1.165) is 22.4 Å². The highest BCUT2D eigenvalue weighted by molar-refractivity contribution is 5.77. The van der Waals surface area contributed by atoms with Crippen LogP contribution in [-0.4, -0.2) is 16.9 Å². The van der Waals surface area contributed by atoms with Crippen molar-refractivity contribution in [1.29, 1.82) is 0 Å². The van der Waals surface area contributed by atoms with Gasteiger partial charge in [-0.15, -0.1) is 0 Å². The molecule has 2 aromatic carbocycles. The third-order valence-electron chi connectivity index (χ3n) is 3.25. The molecule has 1 aromatic heterocycles. The molecule has 0 saturated heterocycles. The van der Waals surface area contributed by atoms with Crippen molar-refractivity contribution in [1.82, 2.24) is 4.98 Å². The number of aliphatic hydroxyl groups is 1. The van der Waals surface area contributed by atoms with Crippen molar-refractivity contribution >= 4 is 11.1 Å². The lowest BCUT2D eigenvalue weighted by molar-refractivity contribution is 0.174. The number of hydrogen-bond acceptors (Lipinski definition) is 5. The van der Waals surface area contributed by atoms with E-state index in [1.807, 2.05) is 36.4 Å². The number of ether oxygens (including phenoxy) is 2. The van der Waals surface area contributed by atoms with E-state index in [0.29, 0.717) is 17.2 Å². The molecule has 1 aliphatic rings. The second kappa shape index (κ2) is 4.25. The third-order valence-corrected chi connectivity index (χ3v) is 3.25. The van der Waals surface area contributed by atoms with Crippen LogP contribution in [-0.2, 0) is 6.61 Å². The molecule has 0 radical (unpaired) electrons. The van der Waals surface area contributed by atoms with Crippen LogP contribution in [0.4, 0.5) is 0 Å². The molecule has 0 aliphatic carbocycles. The van der Waals surface area contributed by atoms with Crippen LogP contribution in [0, 0.1) is 0 Å². The van der Waals surface area contributed by atoms with Crippen molar-refractivity contribution in [3.63, 3.8) is 0 Å². The van der Waals surface area contributed by atoms with Gasteiger partial charge in [0, 0.05) is 5.56 Å². The molecule has 0 atom stereocenters. The number of oxazole rings is 1. The minimum Gasteiger partial charge on any atom is -0.454 e. The van der Waals surface area contributed by atoms with Gasteiger partial charge in [0.05, 0.1) is 6.61 Å². The molecule has 1 aliphatic heterocycles. The summed E-state index contributed by atoms with van der Waals surface area (Å²) in [6.07, 6.45) is 0. The first-order chi connectivity index (χ1) is 9.83. The minimum absolute atomic E-state index is 0.0117. The molecule has 0 spiro atoms. The number of hydrogen-bond donors (Lipinski definition) is 1. The number of fused-ring (bicyclic) bond motifs is 2. The molecule has 2 heterocycles. The molecule has 0 bridgehead atoms. The van der Waals surface area contributed by atoms with E-state index in [-0.39, 0.29) is 13.4 Å². The minimum atomic E-state index is -0.0117. The first-order valence-corrected chi connectivity index (χ1v) is 6.24. The summed E-state index contributed by atoms with van der Waals surface area (Å²) in [6.45, 7) is 0.231. The van der Waals surface area contributed by atoms with Gasteiger partial charge in [-0.3, -0.25) is 0 Å². The molecular formula is C15H11NO4. The van der Waals surface area contributed by atoms with Crippen LogP contribution in [0.2, 0.25) is 0 Å². The number of aliphatic hydroxyl groups excluding tert-OH is 1. The van der Waals surface area contributed by atoms with Crippen LogP contribution in [0.25, 0.3) is 22.6 Å². The molecule has 4 rings (SSSR count). The molecule has 0 amide bonds. The summed E-state index contributed by atoms with van der Waals surface area (Å²) in [7, 11) is 0. The van der Waals surface area contributed by atoms with Crippen molar-refractivity contribution in [3.8, 4) is 23.0 Å². The lowest BCUT2D eigenvalue weighted by Crippen LogP contribution is -1.92. The maximum Gasteiger partial charge on any atom is 0.231 e. The maximum atomic E-state index is 9.14. The van der Waals surface area contributed by atoms with Crippen LogP contribution < -0.4 is 9.47 Å². The molecular weight excluding hydrogens is 258 g/mol. The Morgan fingerprint density at radius 3 is 2.85 bits per heavy atom. The predicted molar refractivity (Wildman–Crippen MR) is 71.5 cm³/mol. The Hall–Kier alpha value is -2.53. The van der Waals surface area contributed by atoms with Crippen LogP contribution >= 0.6 is 0 Å². The number of benzene rings is 2. The highest BCUT2D eigenvalue weighted by atomic mass is 16.7. The highest BCUT2D eigenvalue weighted by Gasteiger charge is 2.16. The zero-order valence-corrected chi connectivity index (χ0v) is 10.5. The molecule has 0 unspecified atom stereocenters. The van der Waals surface area contributed by atoms with Crippen molar-refractivity contribution < 1.29 is 19.0 Å². The molecule has 0 fully saturated rings. The zero-order valence-electron chi connectivity index (χ0n) is 10.5. The zero-order chi connectivity index (χ0) is 13.5. The largest absolute Gasteiger partial charge is 0.454 e. The molecule has 3 aromatic rings. The summed E-state index contributed by atoms with van der Waals surface area (Å²) in [6, 6.07) is 11.0. The Kier molecular flexibility index (Phi) is 2.40. The first kappa shape index (κ1) is 11.3. The Bertz CT molecular complexity index is 794. The van der Waals surface area contributed by atoms with Gasteiger partial charge in [0.25, 0.3) is 0 Å². The quantitative estimate of drug-likeness (QED) is 0.775. The highest BCUT2D eigenvalue weighted by Crippen LogP contribution is 2.36. The number of rotatable bonds is 2. The van der Waals surface area contributed by atoms with Gasteiger partial charge in [-0.05, 0) is 35.9 Å². The first-order valence-electron chi connectivity index (χ1n) is 6.24. The normalized spacial score (nSPS) is 13.1. The van der Waals surface area contributed by atoms with Crippen LogP contribution in [0.15, 0.2) is 40.8 Å². The maximum absolute atomic E-state index is 9.14. The van der Waals surface area contributed by atoms with Gasteiger partial charge < -0.3 is 19.0 Å². The van der Waals surface area contributed by atoms with E-state index in [1.54, 1.807) is 0 Å². The number of nitrogens with zero attached hydrogens (tertiary/aromatic N) is 1. The molecule has 1 N–H and O–H groups in total. The third kappa shape index (κ3) is 1.71. The summed E-state index contributed by atoms with van der Waals surface area (Å²) in [5, 5.41) is 9.14. The van der Waals surface area contributed by atoms with E-state index in [4.69, 9.17) is 19.0 Å². The predicted octanol–water partition coefficient (Wildman–Crippen LogP) is 2.72. The average Bonchev–Trinajstić information content (AvgIpc) is 3.11. The Balaban J connectivity index is 1.81. The lowest BCUT2D eigenvalue weighted by Gasteiger charge is -1.98.